The van der Waals surface area contributed by atoms with E-state index in [0.29, 0.717) is 16.3 Å². The van der Waals surface area contributed by atoms with Crippen LogP contribution in [0, 0.1) is 11.3 Å². The first-order valence-electron chi connectivity index (χ1n) is 8.57. The van der Waals surface area contributed by atoms with Gasteiger partial charge < -0.3 is 4.74 Å². The minimum atomic E-state index is -0.472. The van der Waals surface area contributed by atoms with Crippen LogP contribution in [0.4, 0.5) is 0 Å². The van der Waals surface area contributed by atoms with Crippen molar-refractivity contribution in [2.75, 3.05) is 0 Å². The van der Waals surface area contributed by atoms with Crippen LogP contribution in [0.3, 0.4) is 0 Å². The van der Waals surface area contributed by atoms with Crippen LogP contribution in [0.25, 0.3) is 17.7 Å². The van der Waals surface area contributed by atoms with Crippen molar-refractivity contribution in [3.63, 3.8) is 0 Å². The SMILES string of the molecule is N#C/C(=C/c1cccc(OC(=O)/C=C/c2ccccc2)c1)c1cccc(Cl)c1. The molecule has 0 unspecified atom stereocenters. The van der Waals surface area contributed by atoms with Gasteiger partial charge in [0.1, 0.15) is 5.75 Å². The van der Waals surface area contributed by atoms with E-state index in [1.807, 2.05) is 42.5 Å². The Labute approximate surface area is 168 Å². The van der Waals surface area contributed by atoms with Crippen molar-refractivity contribution in [1.82, 2.24) is 0 Å². The summed E-state index contributed by atoms with van der Waals surface area (Å²) in [6.45, 7) is 0. The summed E-state index contributed by atoms with van der Waals surface area (Å²) in [4.78, 5) is 12.0. The van der Waals surface area contributed by atoms with Gasteiger partial charge >= 0.3 is 5.97 Å². The molecule has 136 valence electrons. The largest absolute Gasteiger partial charge is 0.423 e. The first-order valence-corrected chi connectivity index (χ1v) is 8.94. The van der Waals surface area contributed by atoms with Crippen LogP contribution in [-0.2, 0) is 4.79 Å². The maximum absolute atomic E-state index is 12.0. The first-order chi connectivity index (χ1) is 13.6. The predicted octanol–water partition coefficient (Wildman–Crippen LogP) is 6.02. The minimum absolute atomic E-state index is 0.403. The molecule has 0 aromatic heterocycles. The average Bonchev–Trinajstić information content (AvgIpc) is 2.71. The quantitative estimate of drug-likeness (QED) is 0.177. The molecule has 0 N–H and O–H groups in total. The molecule has 0 heterocycles. The molecule has 0 radical (unpaired) electrons. The number of benzene rings is 3. The average molecular weight is 386 g/mol. The minimum Gasteiger partial charge on any atom is -0.423 e. The van der Waals surface area contributed by atoms with Crippen LogP contribution in [0.1, 0.15) is 16.7 Å². The summed E-state index contributed by atoms with van der Waals surface area (Å²) in [5, 5.41) is 10.0. The number of hydrogen-bond acceptors (Lipinski definition) is 3. The van der Waals surface area contributed by atoms with Gasteiger partial charge in [-0.25, -0.2) is 4.79 Å². The molecular weight excluding hydrogens is 370 g/mol. The zero-order valence-electron chi connectivity index (χ0n) is 14.9. The van der Waals surface area contributed by atoms with Gasteiger partial charge in [0.2, 0.25) is 0 Å². The van der Waals surface area contributed by atoms with Crippen molar-refractivity contribution in [3.05, 3.63) is 107 Å². The fourth-order valence-electron chi connectivity index (χ4n) is 2.55. The van der Waals surface area contributed by atoms with Gasteiger partial charge in [-0.2, -0.15) is 5.26 Å². The van der Waals surface area contributed by atoms with Crippen LogP contribution < -0.4 is 4.74 Å². The summed E-state index contributed by atoms with van der Waals surface area (Å²) in [5.41, 5.74) is 2.85. The lowest BCUT2D eigenvalue weighted by atomic mass is 10.0. The second-order valence-corrected chi connectivity index (χ2v) is 6.35. The van der Waals surface area contributed by atoms with Crippen molar-refractivity contribution >= 4 is 35.3 Å². The molecule has 0 aliphatic carbocycles. The van der Waals surface area contributed by atoms with E-state index in [4.69, 9.17) is 16.3 Å². The maximum atomic E-state index is 12.0. The lowest BCUT2D eigenvalue weighted by molar-refractivity contribution is -0.128. The van der Waals surface area contributed by atoms with Gasteiger partial charge in [0.15, 0.2) is 0 Å². The van der Waals surface area contributed by atoms with E-state index < -0.39 is 5.97 Å². The van der Waals surface area contributed by atoms with E-state index >= 15 is 0 Å². The normalized spacial score (nSPS) is 11.2. The Kier molecular flexibility index (Phi) is 6.41. The molecule has 0 saturated carbocycles. The van der Waals surface area contributed by atoms with Crippen LogP contribution in [-0.4, -0.2) is 5.97 Å². The predicted molar refractivity (Wildman–Crippen MR) is 112 cm³/mol. The molecule has 0 aliphatic rings. The number of rotatable bonds is 5. The van der Waals surface area contributed by atoms with Gasteiger partial charge in [0.05, 0.1) is 11.6 Å². The van der Waals surface area contributed by atoms with Gasteiger partial charge in [-0.3, -0.25) is 0 Å². The first kappa shape index (κ1) is 19.2. The Morgan fingerprint density at radius 3 is 2.43 bits per heavy atom. The third-order valence-corrected chi connectivity index (χ3v) is 4.09. The molecule has 0 spiro atoms. The molecule has 0 atom stereocenters. The summed E-state index contributed by atoms with van der Waals surface area (Å²) in [6.07, 6.45) is 4.80. The molecule has 0 bridgehead atoms. The number of carbonyl (C=O) groups excluding carboxylic acids is 1. The zero-order chi connectivity index (χ0) is 19.8. The van der Waals surface area contributed by atoms with Crippen molar-refractivity contribution in [2.45, 2.75) is 0 Å². The summed E-state index contributed by atoms with van der Waals surface area (Å²) in [7, 11) is 0. The second kappa shape index (κ2) is 9.36. The van der Waals surface area contributed by atoms with Gasteiger partial charge in [-0.1, -0.05) is 66.2 Å². The second-order valence-electron chi connectivity index (χ2n) is 5.92. The van der Waals surface area contributed by atoms with Crippen LogP contribution >= 0.6 is 11.6 Å². The van der Waals surface area contributed by atoms with E-state index in [9.17, 15) is 10.1 Å². The molecular formula is C24H16ClNO2. The Morgan fingerprint density at radius 1 is 0.929 bits per heavy atom. The third-order valence-electron chi connectivity index (χ3n) is 3.86. The molecule has 3 nitrogen and oxygen atoms in total. The highest BCUT2D eigenvalue weighted by Gasteiger charge is 2.04. The van der Waals surface area contributed by atoms with Gasteiger partial charge in [-0.05, 0) is 53.1 Å². The number of hydrogen-bond donors (Lipinski definition) is 0. The van der Waals surface area contributed by atoms with E-state index in [1.165, 1.54) is 6.08 Å². The van der Waals surface area contributed by atoms with Crippen molar-refractivity contribution < 1.29 is 9.53 Å². The summed E-state index contributed by atoms with van der Waals surface area (Å²) < 4.78 is 5.36. The molecule has 28 heavy (non-hydrogen) atoms. The van der Waals surface area contributed by atoms with E-state index in [2.05, 4.69) is 6.07 Å². The highest BCUT2D eigenvalue weighted by Crippen LogP contribution is 2.23. The molecule has 4 heteroatoms. The van der Waals surface area contributed by atoms with Gasteiger partial charge in [0, 0.05) is 11.1 Å². The molecule has 0 aliphatic heterocycles. The smallest absolute Gasteiger partial charge is 0.336 e. The van der Waals surface area contributed by atoms with E-state index in [0.717, 1.165) is 16.7 Å². The number of esters is 1. The maximum Gasteiger partial charge on any atom is 0.336 e. The number of allylic oxidation sites excluding steroid dienone is 1. The van der Waals surface area contributed by atoms with Crippen LogP contribution in [0.2, 0.25) is 5.02 Å². The Bertz CT molecular complexity index is 1080. The van der Waals surface area contributed by atoms with Crippen molar-refractivity contribution in [1.29, 1.82) is 5.26 Å². The Morgan fingerprint density at radius 2 is 1.68 bits per heavy atom. The number of nitrogens with zero attached hydrogens (tertiary/aromatic N) is 1. The zero-order valence-corrected chi connectivity index (χ0v) is 15.6. The van der Waals surface area contributed by atoms with Crippen LogP contribution in [0.5, 0.6) is 5.75 Å². The highest BCUT2D eigenvalue weighted by molar-refractivity contribution is 6.30. The number of ether oxygens (including phenoxy) is 1. The number of carbonyl (C=O) groups is 1. The lowest BCUT2D eigenvalue weighted by Gasteiger charge is -2.04. The summed E-state index contributed by atoms with van der Waals surface area (Å²) in [6, 6.07) is 25.8. The standard InChI is InChI=1S/C24H16ClNO2/c25-22-10-5-9-20(16-22)21(17-26)14-19-8-4-11-23(15-19)28-24(27)13-12-18-6-2-1-3-7-18/h1-16H/b13-12+,21-14-. The van der Waals surface area contributed by atoms with Gasteiger partial charge in [-0.15, -0.1) is 0 Å². The van der Waals surface area contributed by atoms with Crippen molar-refractivity contribution in [3.8, 4) is 11.8 Å². The molecule has 0 saturated heterocycles. The third kappa shape index (κ3) is 5.44. The van der Waals surface area contributed by atoms with E-state index in [-0.39, 0.29) is 0 Å². The summed E-state index contributed by atoms with van der Waals surface area (Å²) >= 11 is 6.00. The highest BCUT2D eigenvalue weighted by atomic mass is 35.5. The van der Waals surface area contributed by atoms with Crippen LogP contribution in [0.15, 0.2) is 84.9 Å². The Balaban J connectivity index is 1.75. The fourth-order valence-corrected chi connectivity index (χ4v) is 2.74. The molecule has 0 fully saturated rings. The van der Waals surface area contributed by atoms with Gasteiger partial charge in [0.25, 0.3) is 0 Å². The lowest BCUT2D eigenvalue weighted by Crippen LogP contribution is -2.03. The number of nitriles is 1. The molecule has 3 rings (SSSR count). The molecule has 3 aromatic rings. The Hall–Kier alpha value is -3.61. The van der Waals surface area contributed by atoms with Crippen molar-refractivity contribution in [2.24, 2.45) is 0 Å². The summed E-state index contributed by atoms with van der Waals surface area (Å²) in [5.74, 6) is -0.0693. The monoisotopic (exact) mass is 385 g/mol. The molecule has 3 aromatic carbocycles. The topological polar surface area (TPSA) is 50.1 Å². The van der Waals surface area contributed by atoms with E-state index in [1.54, 1.807) is 48.6 Å². The molecule has 0 amide bonds. The fraction of sp³-hybridized carbons (Fsp3) is 0. The number of halogens is 1.